The lowest BCUT2D eigenvalue weighted by atomic mass is 10.1. The van der Waals surface area contributed by atoms with Gasteiger partial charge in [-0.15, -0.1) is 0 Å². The van der Waals surface area contributed by atoms with Gasteiger partial charge in [-0.1, -0.05) is 19.9 Å². The molecule has 2 heterocycles. The molecule has 0 saturated carbocycles. The van der Waals surface area contributed by atoms with E-state index in [2.05, 4.69) is 34.6 Å². The van der Waals surface area contributed by atoms with E-state index in [1.54, 1.807) is 0 Å². The summed E-state index contributed by atoms with van der Waals surface area (Å²) in [6.07, 6.45) is 4.99. The molecule has 2 aromatic heterocycles. The second kappa shape index (κ2) is 4.34. The van der Waals surface area contributed by atoms with Crippen LogP contribution in [-0.4, -0.2) is 15.9 Å². The summed E-state index contributed by atoms with van der Waals surface area (Å²) < 4.78 is 2.07. The fourth-order valence-electron chi connectivity index (χ4n) is 1.58. The lowest BCUT2D eigenvalue weighted by Gasteiger charge is -2.09. The Hall–Kier alpha value is -1.51. The van der Waals surface area contributed by atoms with Crippen molar-refractivity contribution in [1.82, 2.24) is 9.38 Å². The molecule has 0 amide bonds. The smallest absolute Gasteiger partial charge is 0.138 e. The van der Waals surface area contributed by atoms with Gasteiger partial charge in [0.15, 0.2) is 0 Å². The van der Waals surface area contributed by atoms with Crippen molar-refractivity contribution in [3.8, 4) is 0 Å². The molecule has 1 N–H and O–H groups in total. The predicted molar refractivity (Wildman–Crippen MR) is 63.1 cm³/mol. The number of nitrogens with one attached hydrogen (secondary N) is 1. The van der Waals surface area contributed by atoms with Crippen LogP contribution in [0.4, 0.5) is 5.82 Å². The number of nitrogens with zero attached hydrogens (tertiary/aromatic N) is 2. The molecule has 80 valence electrons. The molecule has 3 heteroatoms. The van der Waals surface area contributed by atoms with E-state index in [0.717, 1.165) is 23.9 Å². The summed E-state index contributed by atoms with van der Waals surface area (Å²) in [6.45, 7) is 5.48. The first-order valence-electron chi connectivity index (χ1n) is 5.43. The van der Waals surface area contributed by atoms with Crippen LogP contribution in [0.15, 0.2) is 30.6 Å². The normalized spacial score (nSPS) is 11.1. The second-order valence-electron chi connectivity index (χ2n) is 4.18. The van der Waals surface area contributed by atoms with Crippen molar-refractivity contribution in [2.45, 2.75) is 20.3 Å². The standard InChI is InChI=1S/C12H17N3/c1-10(2)6-7-13-11-4-3-5-12-14-8-9-15(11)12/h3-5,8-10,13H,6-7H2,1-2H3. The zero-order valence-corrected chi connectivity index (χ0v) is 9.27. The van der Waals surface area contributed by atoms with E-state index in [9.17, 15) is 0 Å². The van der Waals surface area contributed by atoms with Crippen molar-refractivity contribution < 1.29 is 0 Å². The summed E-state index contributed by atoms with van der Waals surface area (Å²) in [5.74, 6) is 1.85. The first-order valence-corrected chi connectivity index (χ1v) is 5.43. The molecule has 15 heavy (non-hydrogen) atoms. The Morgan fingerprint density at radius 2 is 2.27 bits per heavy atom. The van der Waals surface area contributed by atoms with Crippen LogP contribution in [0.5, 0.6) is 0 Å². The van der Waals surface area contributed by atoms with Crippen LogP contribution in [0, 0.1) is 5.92 Å². The first kappa shape index (κ1) is 10.0. The minimum absolute atomic E-state index is 0.736. The summed E-state index contributed by atoms with van der Waals surface area (Å²) >= 11 is 0. The van der Waals surface area contributed by atoms with E-state index in [1.807, 2.05) is 24.5 Å². The van der Waals surface area contributed by atoms with Crippen molar-refractivity contribution in [3.05, 3.63) is 30.6 Å². The van der Waals surface area contributed by atoms with Crippen LogP contribution in [0.2, 0.25) is 0 Å². The van der Waals surface area contributed by atoms with Crippen LogP contribution in [0.25, 0.3) is 5.65 Å². The summed E-state index contributed by atoms with van der Waals surface area (Å²) in [4.78, 5) is 4.25. The number of hydrogen-bond donors (Lipinski definition) is 1. The molecule has 0 spiro atoms. The van der Waals surface area contributed by atoms with E-state index in [1.165, 1.54) is 6.42 Å². The molecular formula is C12H17N3. The summed E-state index contributed by atoms with van der Waals surface area (Å²) in [5.41, 5.74) is 0.990. The molecule has 0 aliphatic heterocycles. The number of imidazole rings is 1. The third-order valence-corrected chi connectivity index (χ3v) is 2.46. The summed E-state index contributed by atoms with van der Waals surface area (Å²) in [5, 5.41) is 3.43. The van der Waals surface area contributed by atoms with Gasteiger partial charge in [-0.05, 0) is 24.5 Å². The Balaban J connectivity index is 2.10. The van der Waals surface area contributed by atoms with Crippen molar-refractivity contribution in [3.63, 3.8) is 0 Å². The Morgan fingerprint density at radius 3 is 3.07 bits per heavy atom. The SMILES string of the molecule is CC(C)CCNc1cccc2nccn12. The molecule has 0 radical (unpaired) electrons. The molecule has 3 nitrogen and oxygen atoms in total. The topological polar surface area (TPSA) is 29.3 Å². The molecule has 2 rings (SSSR count). The molecule has 0 saturated heterocycles. The van der Waals surface area contributed by atoms with E-state index in [-0.39, 0.29) is 0 Å². The Labute approximate surface area is 90.1 Å². The molecule has 0 atom stereocenters. The van der Waals surface area contributed by atoms with Gasteiger partial charge < -0.3 is 5.32 Å². The van der Waals surface area contributed by atoms with Gasteiger partial charge >= 0.3 is 0 Å². The maximum atomic E-state index is 4.25. The van der Waals surface area contributed by atoms with Crippen molar-refractivity contribution >= 4 is 11.5 Å². The minimum Gasteiger partial charge on any atom is -0.371 e. The molecule has 0 aliphatic rings. The molecule has 0 fully saturated rings. The Bertz CT molecular complexity index is 431. The largest absolute Gasteiger partial charge is 0.371 e. The third-order valence-electron chi connectivity index (χ3n) is 2.46. The second-order valence-corrected chi connectivity index (χ2v) is 4.18. The minimum atomic E-state index is 0.736. The highest BCUT2D eigenvalue weighted by Crippen LogP contribution is 2.11. The third kappa shape index (κ3) is 2.29. The quantitative estimate of drug-likeness (QED) is 0.828. The van der Waals surface area contributed by atoms with Crippen LogP contribution in [0.3, 0.4) is 0 Å². The highest BCUT2D eigenvalue weighted by molar-refractivity contribution is 5.49. The molecule has 0 unspecified atom stereocenters. The molecule has 0 bridgehead atoms. The fourth-order valence-corrected chi connectivity index (χ4v) is 1.58. The van der Waals surface area contributed by atoms with E-state index in [4.69, 9.17) is 0 Å². The number of hydrogen-bond acceptors (Lipinski definition) is 2. The van der Waals surface area contributed by atoms with Gasteiger partial charge in [0.2, 0.25) is 0 Å². The van der Waals surface area contributed by atoms with E-state index < -0.39 is 0 Å². The molecule has 0 aliphatic carbocycles. The van der Waals surface area contributed by atoms with Crippen LogP contribution in [-0.2, 0) is 0 Å². The highest BCUT2D eigenvalue weighted by atomic mass is 15.1. The van der Waals surface area contributed by atoms with Crippen LogP contribution in [0.1, 0.15) is 20.3 Å². The van der Waals surface area contributed by atoms with Crippen molar-refractivity contribution in [1.29, 1.82) is 0 Å². The summed E-state index contributed by atoms with van der Waals surface area (Å²) in [7, 11) is 0. The van der Waals surface area contributed by atoms with E-state index in [0.29, 0.717) is 0 Å². The molecule has 2 aromatic rings. The van der Waals surface area contributed by atoms with Crippen LogP contribution < -0.4 is 5.32 Å². The van der Waals surface area contributed by atoms with E-state index >= 15 is 0 Å². The average Bonchev–Trinajstić information content (AvgIpc) is 2.65. The number of aromatic nitrogens is 2. The maximum absolute atomic E-state index is 4.25. The van der Waals surface area contributed by atoms with Crippen molar-refractivity contribution in [2.24, 2.45) is 5.92 Å². The van der Waals surface area contributed by atoms with Gasteiger partial charge in [-0.25, -0.2) is 4.98 Å². The van der Waals surface area contributed by atoms with Gasteiger partial charge in [0, 0.05) is 18.9 Å². The molecular weight excluding hydrogens is 186 g/mol. The van der Waals surface area contributed by atoms with Crippen LogP contribution >= 0.6 is 0 Å². The van der Waals surface area contributed by atoms with Gasteiger partial charge in [0.05, 0.1) is 0 Å². The number of fused-ring (bicyclic) bond motifs is 1. The lowest BCUT2D eigenvalue weighted by Crippen LogP contribution is -2.07. The van der Waals surface area contributed by atoms with Gasteiger partial charge in [0.1, 0.15) is 11.5 Å². The van der Waals surface area contributed by atoms with Gasteiger partial charge in [0.25, 0.3) is 0 Å². The zero-order valence-electron chi connectivity index (χ0n) is 9.27. The Kier molecular flexibility index (Phi) is 2.90. The number of pyridine rings is 1. The number of rotatable bonds is 4. The predicted octanol–water partition coefficient (Wildman–Crippen LogP) is 2.79. The fraction of sp³-hybridized carbons (Fsp3) is 0.417. The zero-order chi connectivity index (χ0) is 10.7. The monoisotopic (exact) mass is 203 g/mol. The van der Waals surface area contributed by atoms with Gasteiger partial charge in [-0.2, -0.15) is 0 Å². The Morgan fingerprint density at radius 1 is 1.40 bits per heavy atom. The lowest BCUT2D eigenvalue weighted by molar-refractivity contribution is 0.606. The highest BCUT2D eigenvalue weighted by Gasteiger charge is 1.99. The molecule has 0 aromatic carbocycles. The van der Waals surface area contributed by atoms with Gasteiger partial charge in [-0.3, -0.25) is 4.40 Å². The maximum Gasteiger partial charge on any atom is 0.138 e. The van der Waals surface area contributed by atoms with Crippen molar-refractivity contribution in [2.75, 3.05) is 11.9 Å². The summed E-state index contributed by atoms with van der Waals surface area (Å²) in [6, 6.07) is 6.11. The average molecular weight is 203 g/mol. The first-order chi connectivity index (χ1) is 7.27. The number of anilines is 1.